The molecule has 0 atom stereocenters. The lowest BCUT2D eigenvalue weighted by Crippen LogP contribution is -2.37. The van der Waals surface area contributed by atoms with Gasteiger partial charge in [-0.05, 0) is 30.2 Å². The van der Waals surface area contributed by atoms with Crippen molar-refractivity contribution in [2.75, 3.05) is 13.7 Å². The second kappa shape index (κ2) is 6.46. The number of benzene rings is 1. The third-order valence-corrected chi connectivity index (χ3v) is 4.58. The van der Waals surface area contributed by atoms with Crippen LogP contribution in [-0.4, -0.2) is 35.4 Å². The number of nitrogens with zero attached hydrogens (tertiary/aromatic N) is 2. The van der Waals surface area contributed by atoms with Gasteiger partial charge in [0.1, 0.15) is 11.3 Å². The number of furan rings is 1. The number of ether oxygens (including phenoxy) is 1. The number of fused-ring (bicyclic) bond motifs is 2. The summed E-state index contributed by atoms with van der Waals surface area (Å²) in [5.41, 5.74) is 1.10. The first-order chi connectivity index (χ1) is 13.0. The number of methoxy groups -OCH3 is 1. The molecule has 0 fully saturated rings. The van der Waals surface area contributed by atoms with E-state index in [1.165, 1.54) is 17.2 Å². The highest BCUT2D eigenvalue weighted by Gasteiger charge is 2.27. The average molecular weight is 372 g/mol. The molecule has 27 heavy (non-hydrogen) atoms. The average Bonchev–Trinajstić information content (AvgIpc) is 3.10. The summed E-state index contributed by atoms with van der Waals surface area (Å²) in [6, 6.07) is 3.84. The molecule has 8 heteroatoms. The van der Waals surface area contributed by atoms with Crippen molar-refractivity contribution in [1.82, 2.24) is 9.88 Å². The van der Waals surface area contributed by atoms with Crippen LogP contribution in [0.15, 0.2) is 35.0 Å². The summed E-state index contributed by atoms with van der Waals surface area (Å²) in [6.45, 7) is 0.511. The topological polar surface area (TPSA) is 72.6 Å². The van der Waals surface area contributed by atoms with Crippen LogP contribution >= 0.6 is 0 Å². The van der Waals surface area contributed by atoms with Crippen molar-refractivity contribution in [2.45, 2.75) is 13.0 Å². The van der Waals surface area contributed by atoms with E-state index in [9.17, 15) is 18.4 Å². The molecule has 4 rings (SSSR count). The molecule has 0 aliphatic carbocycles. The highest BCUT2D eigenvalue weighted by atomic mass is 19.2. The van der Waals surface area contributed by atoms with Crippen LogP contribution in [0.1, 0.15) is 32.0 Å². The maximum absolute atomic E-state index is 14.1. The number of aromatic nitrogens is 1. The van der Waals surface area contributed by atoms with Gasteiger partial charge in [-0.15, -0.1) is 0 Å². The van der Waals surface area contributed by atoms with Crippen LogP contribution in [0, 0.1) is 11.6 Å². The first kappa shape index (κ1) is 17.1. The van der Waals surface area contributed by atoms with Crippen LogP contribution in [0.3, 0.4) is 0 Å². The quantitative estimate of drug-likeness (QED) is 0.661. The molecule has 1 aliphatic heterocycles. The van der Waals surface area contributed by atoms with Gasteiger partial charge in [0.2, 0.25) is 0 Å². The number of carbonyl (C=O) groups is 2. The van der Waals surface area contributed by atoms with E-state index in [0.717, 1.165) is 18.7 Å². The minimum atomic E-state index is -1.18. The van der Waals surface area contributed by atoms with E-state index in [2.05, 4.69) is 9.72 Å². The second-order valence-corrected chi connectivity index (χ2v) is 6.18. The van der Waals surface area contributed by atoms with E-state index < -0.39 is 17.6 Å². The zero-order valence-corrected chi connectivity index (χ0v) is 14.3. The third kappa shape index (κ3) is 2.83. The van der Waals surface area contributed by atoms with Crippen LogP contribution < -0.4 is 0 Å². The van der Waals surface area contributed by atoms with Crippen LogP contribution in [0.5, 0.6) is 0 Å². The van der Waals surface area contributed by atoms with Crippen molar-refractivity contribution in [2.24, 2.45) is 0 Å². The summed E-state index contributed by atoms with van der Waals surface area (Å²) in [6.07, 6.45) is 3.79. The molecule has 0 unspecified atom stereocenters. The van der Waals surface area contributed by atoms with Gasteiger partial charge in [0.05, 0.1) is 24.6 Å². The summed E-state index contributed by atoms with van der Waals surface area (Å²) in [7, 11) is 1.14. The minimum absolute atomic E-state index is 0.0590. The van der Waals surface area contributed by atoms with Crippen LogP contribution in [-0.2, 0) is 17.7 Å². The Hall–Kier alpha value is -3.29. The third-order valence-electron chi connectivity index (χ3n) is 4.58. The Morgan fingerprint density at radius 2 is 2.19 bits per heavy atom. The van der Waals surface area contributed by atoms with Crippen molar-refractivity contribution < 1.29 is 27.5 Å². The van der Waals surface area contributed by atoms with Crippen molar-refractivity contribution in [1.29, 1.82) is 0 Å². The predicted molar refractivity (Wildman–Crippen MR) is 90.2 cm³/mol. The van der Waals surface area contributed by atoms with Gasteiger partial charge in [-0.3, -0.25) is 9.78 Å². The van der Waals surface area contributed by atoms with Gasteiger partial charge in [0.25, 0.3) is 5.91 Å². The number of hydrogen-bond acceptors (Lipinski definition) is 5. The van der Waals surface area contributed by atoms with Crippen LogP contribution in [0.25, 0.3) is 11.0 Å². The Kier molecular flexibility index (Phi) is 4.10. The predicted octanol–water partition coefficient (Wildman–Crippen LogP) is 3.09. The second-order valence-electron chi connectivity index (χ2n) is 6.18. The highest BCUT2D eigenvalue weighted by Crippen LogP contribution is 2.30. The molecule has 6 nitrogen and oxygen atoms in total. The first-order valence-electron chi connectivity index (χ1n) is 8.20. The van der Waals surface area contributed by atoms with E-state index in [-0.39, 0.29) is 34.7 Å². The summed E-state index contributed by atoms with van der Waals surface area (Å²) >= 11 is 0. The number of carbonyl (C=O) groups excluding carboxylic acids is 2. The standard InChI is InChI=1S/C19H14F2N2O4/c1-26-19(25)13-7-15(20)16(21)12-6-11(27-17(12)13)9-23-5-3-10-2-4-22-8-14(10)18(23)24/h2,4,6-8H,3,5,9H2,1H3. The number of esters is 1. The Morgan fingerprint density at radius 3 is 2.96 bits per heavy atom. The molecule has 0 saturated carbocycles. The molecule has 0 radical (unpaired) electrons. The summed E-state index contributed by atoms with van der Waals surface area (Å²) in [5.74, 6) is -3.12. The Balaban J connectivity index is 1.70. The summed E-state index contributed by atoms with van der Waals surface area (Å²) in [5, 5.41) is -0.170. The van der Waals surface area contributed by atoms with E-state index in [0.29, 0.717) is 18.5 Å². The van der Waals surface area contributed by atoms with Gasteiger partial charge in [-0.2, -0.15) is 0 Å². The number of amides is 1. The molecule has 1 amide bonds. The lowest BCUT2D eigenvalue weighted by Gasteiger charge is -2.27. The van der Waals surface area contributed by atoms with E-state index in [4.69, 9.17) is 4.42 Å². The maximum Gasteiger partial charge on any atom is 0.341 e. The van der Waals surface area contributed by atoms with Gasteiger partial charge in [0, 0.05) is 18.9 Å². The molecule has 2 aromatic heterocycles. The fourth-order valence-corrected chi connectivity index (χ4v) is 3.23. The number of halogens is 2. The first-order valence-corrected chi connectivity index (χ1v) is 8.20. The van der Waals surface area contributed by atoms with Crippen molar-refractivity contribution in [3.63, 3.8) is 0 Å². The summed E-state index contributed by atoms with van der Waals surface area (Å²) in [4.78, 5) is 30.0. The summed E-state index contributed by atoms with van der Waals surface area (Å²) < 4.78 is 38.1. The Morgan fingerprint density at radius 1 is 1.37 bits per heavy atom. The molecule has 0 bridgehead atoms. The zero-order chi connectivity index (χ0) is 19.1. The Bertz CT molecular complexity index is 1080. The van der Waals surface area contributed by atoms with Gasteiger partial charge in [-0.25, -0.2) is 13.6 Å². The minimum Gasteiger partial charge on any atom is -0.465 e. The molecule has 0 saturated heterocycles. The van der Waals surface area contributed by atoms with Gasteiger partial charge >= 0.3 is 5.97 Å². The van der Waals surface area contributed by atoms with Crippen LogP contribution in [0.2, 0.25) is 0 Å². The lowest BCUT2D eigenvalue weighted by molar-refractivity contribution is 0.0599. The molecule has 1 aliphatic rings. The molecule has 0 N–H and O–H groups in total. The lowest BCUT2D eigenvalue weighted by atomic mass is 10.0. The van der Waals surface area contributed by atoms with Gasteiger partial charge in [-0.1, -0.05) is 0 Å². The van der Waals surface area contributed by atoms with E-state index in [1.54, 1.807) is 12.3 Å². The Labute approximate surface area is 152 Å². The molecular formula is C19H14F2N2O4. The van der Waals surface area contributed by atoms with E-state index in [1.807, 2.05) is 0 Å². The zero-order valence-electron chi connectivity index (χ0n) is 14.3. The monoisotopic (exact) mass is 372 g/mol. The molecule has 138 valence electrons. The maximum atomic E-state index is 14.1. The molecule has 3 aromatic rings. The van der Waals surface area contributed by atoms with Gasteiger partial charge in [0.15, 0.2) is 17.2 Å². The number of hydrogen-bond donors (Lipinski definition) is 0. The fourth-order valence-electron chi connectivity index (χ4n) is 3.23. The largest absolute Gasteiger partial charge is 0.465 e. The van der Waals surface area contributed by atoms with Crippen molar-refractivity contribution >= 4 is 22.8 Å². The number of pyridine rings is 1. The molecule has 0 spiro atoms. The highest BCUT2D eigenvalue weighted by molar-refractivity contribution is 6.02. The molecule has 3 heterocycles. The normalized spacial score (nSPS) is 13.7. The van der Waals surface area contributed by atoms with Crippen molar-refractivity contribution in [3.05, 3.63) is 64.7 Å². The molecule has 1 aromatic carbocycles. The van der Waals surface area contributed by atoms with Crippen LogP contribution in [0.4, 0.5) is 8.78 Å². The molecular weight excluding hydrogens is 358 g/mol. The van der Waals surface area contributed by atoms with Crippen molar-refractivity contribution in [3.8, 4) is 0 Å². The van der Waals surface area contributed by atoms with E-state index >= 15 is 0 Å². The smallest absolute Gasteiger partial charge is 0.341 e. The SMILES string of the molecule is COC(=O)c1cc(F)c(F)c2cc(CN3CCc4ccncc4C3=O)oc12. The number of rotatable bonds is 3. The fraction of sp³-hybridized carbons (Fsp3) is 0.211. The van der Waals surface area contributed by atoms with Gasteiger partial charge < -0.3 is 14.1 Å².